The highest BCUT2D eigenvalue weighted by molar-refractivity contribution is 8.03. The summed E-state index contributed by atoms with van der Waals surface area (Å²) in [6.45, 7) is 9.80. The highest BCUT2D eigenvalue weighted by atomic mass is 32.2. The van der Waals surface area contributed by atoms with E-state index in [4.69, 9.17) is 4.74 Å². The van der Waals surface area contributed by atoms with E-state index in [1.165, 1.54) is 5.56 Å². The molecule has 0 aliphatic carbocycles. The Morgan fingerprint density at radius 1 is 1.39 bits per heavy atom. The molecule has 0 amide bonds. The lowest BCUT2D eigenvalue weighted by molar-refractivity contribution is -0.119. The molecule has 0 radical (unpaired) electrons. The first kappa shape index (κ1) is 15.0. The summed E-state index contributed by atoms with van der Waals surface area (Å²) < 4.78 is 5.41. The van der Waals surface area contributed by atoms with E-state index in [1.807, 2.05) is 26.0 Å². The second-order valence-electron chi connectivity index (χ2n) is 4.94. The van der Waals surface area contributed by atoms with Crippen molar-refractivity contribution in [3.63, 3.8) is 0 Å². The van der Waals surface area contributed by atoms with E-state index in [0.29, 0.717) is 0 Å². The normalized spacial score (nSPS) is 13.1. The number of hydrogen-bond acceptors (Lipinski definition) is 3. The maximum Gasteiger partial charge on any atom is 0.128 e. The number of hydrogen-bond donors (Lipinski definition) is 0. The lowest BCUT2D eigenvalue weighted by atomic mass is 9.88. The minimum Gasteiger partial charge on any atom is -0.375 e. The molecule has 0 aromatic heterocycles. The smallest absolute Gasteiger partial charge is 0.128 e. The minimum atomic E-state index is -0.566. The molecule has 0 saturated carbocycles. The molecule has 0 saturated heterocycles. The molecule has 1 atom stereocenters. The third-order valence-electron chi connectivity index (χ3n) is 2.78. The molecule has 1 aromatic rings. The van der Waals surface area contributed by atoms with E-state index in [1.54, 1.807) is 18.9 Å². The van der Waals surface area contributed by atoms with Gasteiger partial charge in [-0.15, -0.1) is 0 Å². The van der Waals surface area contributed by atoms with Crippen LogP contribution in [0.1, 0.15) is 19.4 Å². The zero-order valence-corrected chi connectivity index (χ0v) is 12.2. The third kappa shape index (κ3) is 3.72. The van der Waals surface area contributed by atoms with Gasteiger partial charge in [0.05, 0.1) is 11.5 Å². The molecule has 0 spiro atoms. The zero-order chi connectivity index (χ0) is 13.8. The average Bonchev–Trinajstić information content (AvgIpc) is 2.32. The fourth-order valence-corrected chi connectivity index (χ4v) is 2.81. The predicted octanol–water partition coefficient (Wildman–Crippen LogP) is 3.84. The van der Waals surface area contributed by atoms with Crippen molar-refractivity contribution in [3.05, 3.63) is 41.3 Å². The number of aldehydes is 1. The van der Waals surface area contributed by atoms with Crippen LogP contribution in [0.15, 0.2) is 40.6 Å². The van der Waals surface area contributed by atoms with Crippen molar-refractivity contribution in [2.75, 3.05) is 7.11 Å². The molecule has 0 fully saturated rings. The molecule has 2 nitrogen and oxygen atoms in total. The zero-order valence-electron chi connectivity index (χ0n) is 11.4. The van der Waals surface area contributed by atoms with E-state index in [0.717, 1.165) is 16.1 Å². The molecular weight excluding hydrogens is 244 g/mol. The first-order chi connectivity index (χ1) is 8.40. The topological polar surface area (TPSA) is 26.3 Å². The van der Waals surface area contributed by atoms with Gasteiger partial charge in [0.2, 0.25) is 0 Å². The van der Waals surface area contributed by atoms with Crippen molar-refractivity contribution in [1.82, 2.24) is 0 Å². The lowest BCUT2D eigenvalue weighted by Crippen LogP contribution is -2.33. The molecule has 98 valence electrons. The molecule has 18 heavy (non-hydrogen) atoms. The van der Waals surface area contributed by atoms with Crippen LogP contribution >= 0.6 is 11.8 Å². The molecule has 0 aliphatic heterocycles. The van der Waals surface area contributed by atoms with Gasteiger partial charge in [0.1, 0.15) is 6.29 Å². The summed E-state index contributed by atoms with van der Waals surface area (Å²) in [5.74, 6) is 0. The van der Waals surface area contributed by atoms with Crippen molar-refractivity contribution in [1.29, 1.82) is 0 Å². The Morgan fingerprint density at radius 2 is 1.94 bits per heavy atom. The van der Waals surface area contributed by atoms with Crippen LogP contribution in [0.5, 0.6) is 0 Å². The highest BCUT2D eigenvalue weighted by Gasteiger charge is 2.31. The van der Waals surface area contributed by atoms with E-state index in [9.17, 15) is 4.79 Å². The second-order valence-corrected chi connectivity index (χ2v) is 6.14. The van der Waals surface area contributed by atoms with Crippen molar-refractivity contribution in [2.24, 2.45) is 5.41 Å². The Balaban J connectivity index is 2.80. The summed E-state index contributed by atoms with van der Waals surface area (Å²) in [5, 5.41) is 0. The van der Waals surface area contributed by atoms with Crippen LogP contribution in [-0.2, 0) is 9.53 Å². The summed E-state index contributed by atoms with van der Waals surface area (Å²) in [7, 11) is 1.61. The molecule has 1 rings (SSSR count). The van der Waals surface area contributed by atoms with Gasteiger partial charge in [0, 0.05) is 16.9 Å². The van der Waals surface area contributed by atoms with Gasteiger partial charge in [0.25, 0.3) is 0 Å². The summed E-state index contributed by atoms with van der Waals surface area (Å²) in [6.07, 6.45) is 0.628. The number of methoxy groups -OCH3 is 1. The van der Waals surface area contributed by atoms with E-state index in [2.05, 4.69) is 25.6 Å². The quantitative estimate of drug-likeness (QED) is 0.577. The van der Waals surface area contributed by atoms with Gasteiger partial charge in [-0.25, -0.2) is 0 Å². The summed E-state index contributed by atoms with van der Waals surface area (Å²) in [6, 6.07) is 8.21. The monoisotopic (exact) mass is 264 g/mol. The second kappa shape index (κ2) is 6.21. The van der Waals surface area contributed by atoms with Crippen LogP contribution in [0.3, 0.4) is 0 Å². The van der Waals surface area contributed by atoms with E-state index >= 15 is 0 Å². The number of ether oxygens (including phenoxy) is 1. The van der Waals surface area contributed by atoms with Gasteiger partial charge in [-0.05, 0) is 19.1 Å². The molecule has 1 unspecified atom stereocenters. The Kier molecular flexibility index (Phi) is 5.17. The van der Waals surface area contributed by atoms with Crippen molar-refractivity contribution < 1.29 is 9.53 Å². The maximum atomic E-state index is 11.1. The van der Waals surface area contributed by atoms with Crippen molar-refractivity contribution in [2.45, 2.75) is 31.8 Å². The van der Waals surface area contributed by atoms with Crippen molar-refractivity contribution >= 4 is 18.0 Å². The van der Waals surface area contributed by atoms with Gasteiger partial charge >= 0.3 is 0 Å². The molecule has 0 bridgehead atoms. The molecular formula is C15H20O2S. The number of rotatable bonds is 6. The van der Waals surface area contributed by atoms with E-state index in [-0.39, 0.29) is 6.10 Å². The summed E-state index contributed by atoms with van der Waals surface area (Å²) in [4.78, 5) is 13.0. The fraction of sp³-hybridized carbons (Fsp3) is 0.400. The van der Waals surface area contributed by atoms with Crippen LogP contribution in [0, 0.1) is 12.3 Å². The Bertz CT molecular complexity index is 421. The Hall–Kier alpha value is -1.06. The maximum absolute atomic E-state index is 11.1. The van der Waals surface area contributed by atoms with Crippen LogP contribution in [0.4, 0.5) is 0 Å². The fourth-order valence-electron chi connectivity index (χ4n) is 1.72. The summed E-state index contributed by atoms with van der Waals surface area (Å²) >= 11 is 1.55. The molecule has 3 heteroatoms. The summed E-state index contributed by atoms with van der Waals surface area (Å²) in [5.41, 5.74) is 0.658. The molecule has 0 N–H and O–H groups in total. The Morgan fingerprint density at radius 3 is 2.39 bits per heavy atom. The average molecular weight is 264 g/mol. The number of benzene rings is 1. The first-order valence-corrected chi connectivity index (χ1v) is 6.65. The SMILES string of the molecule is C=C(Sc1ccc(C)cc1)C(OC)C(C)(C)C=O. The first-order valence-electron chi connectivity index (χ1n) is 5.83. The highest BCUT2D eigenvalue weighted by Crippen LogP contribution is 2.35. The largest absolute Gasteiger partial charge is 0.375 e. The van der Waals surface area contributed by atoms with Crippen LogP contribution in [-0.4, -0.2) is 19.5 Å². The molecule has 1 aromatic carbocycles. The van der Waals surface area contributed by atoms with Gasteiger partial charge in [0.15, 0.2) is 0 Å². The van der Waals surface area contributed by atoms with Crippen LogP contribution < -0.4 is 0 Å². The Labute approximate surface area is 113 Å². The number of carbonyl (C=O) groups is 1. The van der Waals surface area contributed by atoms with Gasteiger partial charge in [-0.1, -0.05) is 49.9 Å². The van der Waals surface area contributed by atoms with Crippen LogP contribution in [0.2, 0.25) is 0 Å². The lowest BCUT2D eigenvalue weighted by Gasteiger charge is -2.29. The number of aryl methyl sites for hydroxylation is 1. The molecule has 0 heterocycles. The van der Waals surface area contributed by atoms with Crippen LogP contribution in [0.25, 0.3) is 0 Å². The van der Waals surface area contributed by atoms with E-state index < -0.39 is 5.41 Å². The number of carbonyl (C=O) groups excluding carboxylic acids is 1. The van der Waals surface area contributed by atoms with Gasteiger partial charge in [-0.2, -0.15) is 0 Å². The molecule has 0 aliphatic rings. The third-order valence-corrected chi connectivity index (χ3v) is 3.76. The number of thioether (sulfide) groups is 1. The van der Waals surface area contributed by atoms with Gasteiger partial charge in [-0.3, -0.25) is 0 Å². The van der Waals surface area contributed by atoms with Gasteiger partial charge < -0.3 is 9.53 Å². The minimum absolute atomic E-state index is 0.290. The standard InChI is InChI=1S/C15H20O2S/c1-11-6-8-13(9-7-11)18-12(2)14(17-5)15(3,4)10-16/h6-10,14H,2H2,1,3-5H3. The predicted molar refractivity (Wildman–Crippen MR) is 76.8 cm³/mol. The van der Waals surface area contributed by atoms with Crippen molar-refractivity contribution in [3.8, 4) is 0 Å².